The predicted molar refractivity (Wildman–Crippen MR) is 77.5 cm³/mol. The van der Waals surface area contributed by atoms with Crippen LogP contribution in [0.2, 0.25) is 0 Å². The Hall–Kier alpha value is -1.93. The number of hydrogen-bond acceptors (Lipinski definition) is 4. The molecule has 4 rings (SSSR count). The zero-order valence-corrected chi connectivity index (χ0v) is 11.9. The number of amides is 1. The zero-order chi connectivity index (χ0) is 14.4. The molecule has 0 radical (unpaired) electrons. The number of anilines is 1. The van der Waals surface area contributed by atoms with Gasteiger partial charge in [0.2, 0.25) is 5.91 Å². The van der Waals surface area contributed by atoms with E-state index in [4.69, 9.17) is 5.26 Å². The van der Waals surface area contributed by atoms with E-state index in [9.17, 15) is 4.79 Å². The fraction of sp³-hybridized carbons (Fsp3) is 0.562. The third-order valence-corrected chi connectivity index (χ3v) is 5.17. The molecule has 1 aromatic heterocycles. The maximum absolute atomic E-state index is 12.4. The van der Waals surface area contributed by atoms with Crippen LogP contribution < -0.4 is 10.2 Å². The van der Waals surface area contributed by atoms with Gasteiger partial charge in [0.05, 0.1) is 5.56 Å². The van der Waals surface area contributed by atoms with Crippen molar-refractivity contribution in [3.63, 3.8) is 0 Å². The lowest BCUT2D eigenvalue weighted by Crippen LogP contribution is -2.45. The van der Waals surface area contributed by atoms with Gasteiger partial charge in [-0.1, -0.05) is 0 Å². The molecule has 3 saturated heterocycles. The molecular formula is C16H18N4O. The molecule has 0 aliphatic carbocycles. The maximum Gasteiger partial charge on any atom is 0.228 e. The van der Waals surface area contributed by atoms with Gasteiger partial charge in [-0.3, -0.25) is 9.69 Å². The van der Waals surface area contributed by atoms with E-state index in [0.29, 0.717) is 29.9 Å². The van der Waals surface area contributed by atoms with Gasteiger partial charge in [0.15, 0.2) is 0 Å². The SMILES string of the molecule is N#Cc1ccc(N2CC3(CC2=O)CC2CCC(C3)N2)nc1. The van der Waals surface area contributed by atoms with Crippen LogP contribution in [0.15, 0.2) is 18.3 Å². The van der Waals surface area contributed by atoms with Crippen molar-refractivity contribution in [1.82, 2.24) is 10.3 Å². The number of carbonyl (C=O) groups is 1. The number of fused-ring (bicyclic) bond motifs is 2. The summed E-state index contributed by atoms with van der Waals surface area (Å²) in [4.78, 5) is 18.5. The number of rotatable bonds is 1. The Labute approximate surface area is 124 Å². The quantitative estimate of drug-likeness (QED) is 0.849. The first kappa shape index (κ1) is 12.8. The molecule has 108 valence electrons. The van der Waals surface area contributed by atoms with Crippen LogP contribution in [0.1, 0.15) is 37.7 Å². The van der Waals surface area contributed by atoms with Crippen LogP contribution in [-0.4, -0.2) is 29.5 Å². The Balaban J connectivity index is 1.58. The first-order chi connectivity index (χ1) is 10.2. The second-order valence-electron chi connectivity index (χ2n) is 6.72. The summed E-state index contributed by atoms with van der Waals surface area (Å²) in [6.45, 7) is 0.777. The molecule has 1 N–H and O–H groups in total. The van der Waals surface area contributed by atoms with E-state index in [2.05, 4.69) is 16.4 Å². The van der Waals surface area contributed by atoms with Crippen molar-refractivity contribution in [3.05, 3.63) is 23.9 Å². The molecule has 5 nitrogen and oxygen atoms in total. The van der Waals surface area contributed by atoms with E-state index < -0.39 is 0 Å². The molecule has 21 heavy (non-hydrogen) atoms. The Morgan fingerprint density at radius 1 is 1.33 bits per heavy atom. The van der Waals surface area contributed by atoms with E-state index in [0.717, 1.165) is 19.4 Å². The van der Waals surface area contributed by atoms with Crippen molar-refractivity contribution in [2.75, 3.05) is 11.4 Å². The highest BCUT2D eigenvalue weighted by Crippen LogP contribution is 2.47. The summed E-state index contributed by atoms with van der Waals surface area (Å²) >= 11 is 0. The summed E-state index contributed by atoms with van der Waals surface area (Å²) in [7, 11) is 0. The third kappa shape index (κ3) is 2.11. The predicted octanol–water partition coefficient (Wildman–Crippen LogP) is 1.59. The van der Waals surface area contributed by atoms with E-state index >= 15 is 0 Å². The van der Waals surface area contributed by atoms with Crippen LogP contribution in [-0.2, 0) is 4.79 Å². The summed E-state index contributed by atoms with van der Waals surface area (Å²) in [6.07, 6.45) is 6.87. The van der Waals surface area contributed by atoms with Crippen molar-refractivity contribution in [3.8, 4) is 6.07 Å². The first-order valence-corrected chi connectivity index (χ1v) is 7.60. The van der Waals surface area contributed by atoms with Crippen LogP contribution in [0, 0.1) is 16.7 Å². The third-order valence-electron chi connectivity index (χ3n) is 5.17. The lowest BCUT2D eigenvalue weighted by molar-refractivity contribution is -0.118. The topological polar surface area (TPSA) is 69.0 Å². The molecule has 3 aliphatic rings. The van der Waals surface area contributed by atoms with Gasteiger partial charge in [-0.2, -0.15) is 5.26 Å². The average Bonchev–Trinajstić information content (AvgIpc) is 2.99. The molecule has 1 amide bonds. The fourth-order valence-electron chi connectivity index (χ4n) is 4.34. The second kappa shape index (κ2) is 4.54. The largest absolute Gasteiger partial charge is 0.311 e. The molecule has 4 heterocycles. The van der Waals surface area contributed by atoms with Crippen molar-refractivity contribution in [2.45, 2.75) is 44.2 Å². The van der Waals surface area contributed by atoms with Crippen LogP contribution in [0.4, 0.5) is 5.82 Å². The van der Waals surface area contributed by atoms with Gasteiger partial charge in [0.25, 0.3) is 0 Å². The van der Waals surface area contributed by atoms with Gasteiger partial charge in [-0.05, 0) is 37.8 Å². The van der Waals surface area contributed by atoms with Crippen molar-refractivity contribution in [1.29, 1.82) is 5.26 Å². The minimum atomic E-state index is 0.129. The number of hydrogen-bond donors (Lipinski definition) is 1. The number of nitrogens with zero attached hydrogens (tertiary/aromatic N) is 3. The highest BCUT2D eigenvalue weighted by atomic mass is 16.2. The molecule has 0 saturated carbocycles. The smallest absolute Gasteiger partial charge is 0.228 e. The summed E-state index contributed by atoms with van der Waals surface area (Å²) in [6, 6.07) is 6.75. The number of pyridine rings is 1. The van der Waals surface area contributed by atoms with Crippen LogP contribution in [0.3, 0.4) is 0 Å². The first-order valence-electron chi connectivity index (χ1n) is 7.60. The Morgan fingerprint density at radius 3 is 2.71 bits per heavy atom. The lowest BCUT2D eigenvalue weighted by atomic mass is 9.75. The minimum absolute atomic E-state index is 0.129. The number of nitrogens with one attached hydrogen (secondary N) is 1. The molecule has 2 unspecified atom stereocenters. The Morgan fingerprint density at radius 2 is 2.10 bits per heavy atom. The minimum Gasteiger partial charge on any atom is -0.311 e. The summed E-state index contributed by atoms with van der Waals surface area (Å²) in [5.41, 5.74) is 0.657. The maximum atomic E-state index is 12.4. The van der Waals surface area contributed by atoms with Crippen molar-refractivity contribution >= 4 is 11.7 Å². The monoisotopic (exact) mass is 282 g/mol. The van der Waals surface area contributed by atoms with E-state index in [1.54, 1.807) is 18.3 Å². The molecule has 3 fully saturated rings. The molecule has 3 aliphatic heterocycles. The van der Waals surface area contributed by atoms with Gasteiger partial charge in [-0.15, -0.1) is 0 Å². The van der Waals surface area contributed by atoms with Gasteiger partial charge in [0, 0.05) is 36.7 Å². The second-order valence-corrected chi connectivity index (χ2v) is 6.72. The molecule has 2 bridgehead atoms. The van der Waals surface area contributed by atoms with Crippen molar-refractivity contribution < 1.29 is 4.79 Å². The average molecular weight is 282 g/mol. The highest BCUT2D eigenvalue weighted by Gasteiger charge is 2.50. The van der Waals surface area contributed by atoms with Gasteiger partial charge in [0.1, 0.15) is 11.9 Å². The molecule has 5 heteroatoms. The summed E-state index contributed by atoms with van der Waals surface area (Å²) in [5.74, 6) is 0.857. The fourth-order valence-corrected chi connectivity index (χ4v) is 4.34. The van der Waals surface area contributed by atoms with E-state index in [-0.39, 0.29) is 11.3 Å². The van der Waals surface area contributed by atoms with Gasteiger partial charge >= 0.3 is 0 Å². The lowest BCUT2D eigenvalue weighted by Gasteiger charge is -2.37. The number of carbonyl (C=O) groups excluding carboxylic acids is 1. The summed E-state index contributed by atoms with van der Waals surface area (Å²) < 4.78 is 0. The number of piperidine rings is 1. The highest BCUT2D eigenvalue weighted by molar-refractivity contribution is 5.95. The normalized spacial score (nSPS) is 34.4. The van der Waals surface area contributed by atoms with Gasteiger partial charge in [-0.25, -0.2) is 4.98 Å². The van der Waals surface area contributed by atoms with Crippen LogP contribution in [0.25, 0.3) is 0 Å². The van der Waals surface area contributed by atoms with Gasteiger partial charge < -0.3 is 5.32 Å². The molecule has 0 aromatic carbocycles. The zero-order valence-electron chi connectivity index (χ0n) is 11.9. The standard InChI is InChI=1S/C16H18N4O/c17-8-11-1-4-14(18-9-11)20-10-16(7-15(20)21)5-12-2-3-13(6-16)19-12/h1,4,9,12-13,19H,2-3,5-7,10H2. The molecular weight excluding hydrogens is 264 g/mol. The number of nitriles is 1. The molecule has 1 spiro atoms. The molecule has 1 aromatic rings. The van der Waals surface area contributed by atoms with E-state index in [1.165, 1.54) is 12.8 Å². The Bertz CT molecular complexity index is 606. The van der Waals surface area contributed by atoms with Crippen LogP contribution in [0.5, 0.6) is 0 Å². The molecule has 2 atom stereocenters. The summed E-state index contributed by atoms with van der Waals surface area (Å²) in [5, 5.41) is 12.5. The van der Waals surface area contributed by atoms with Crippen molar-refractivity contribution in [2.24, 2.45) is 5.41 Å². The van der Waals surface area contributed by atoms with E-state index in [1.807, 2.05) is 4.90 Å². The van der Waals surface area contributed by atoms with Crippen LogP contribution >= 0.6 is 0 Å². The number of aromatic nitrogens is 1. The Kier molecular flexibility index (Phi) is 2.76.